The van der Waals surface area contributed by atoms with E-state index in [0.717, 1.165) is 13.0 Å². The minimum absolute atomic E-state index is 0.0397. The Morgan fingerprint density at radius 3 is 3.05 bits per heavy atom. The molecule has 0 aromatic heterocycles. The third-order valence-electron chi connectivity index (χ3n) is 3.55. The number of ether oxygens (including phenoxy) is 1. The van der Waals surface area contributed by atoms with Crippen LogP contribution in [-0.2, 0) is 16.0 Å². The van der Waals surface area contributed by atoms with Gasteiger partial charge in [-0.1, -0.05) is 30.7 Å². The van der Waals surface area contributed by atoms with Gasteiger partial charge < -0.3 is 10.1 Å². The van der Waals surface area contributed by atoms with E-state index in [4.69, 9.17) is 16.3 Å². The van der Waals surface area contributed by atoms with Crippen molar-refractivity contribution in [2.24, 2.45) is 5.92 Å². The number of hydrogen-bond acceptors (Lipinski definition) is 3. The van der Waals surface area contributed by atoms with Crippen LogP contribution in [0, 0.1) is 11.7 Å². The third-order valence-corrected chi connectivity index (χ3v) is 3.97. The molecule has 1 aliphatic heterocycles. The number of benzene rings is 1. The van der Waals surface area contributed by atoms with Crippen molar-refractivity contribution in [3.05, 3.63) is 34.6 Å². The topological polar surface area (TPSA) is 38.3 Å². The predicted molar refractivity (Wildman–Crippen MR) is 76.5 cm³/mol. The zero-order valence-electron chi connectivity index (χ0n) is 11.5. The Balaban J connectivity index is 2.02. The summed E-state index contributed by atoms with van der Waals surface area (Å²) < 4.78 is 18.8. The molecule has 0 amide bonds. The SMILES string of the molecule is CCCNC1COCC1C(=O)Cc1cccc(F)c1Cl. The van der Waals surface area contributed by atoms with Crippen LogP contribution in [-0.4, -0.2) is 31.6 Å². The lowest BCUT2D eigenvalue weighted by atomic mass is 9.93. The molecule has 1 N–H and O–H groups in total. The number of carbonyl (C=O) groups is 1. The second-order valence-corrected chi connectivity index (χ2v) is 5.44. The van der Waals surface area contributed by atoms with Gasteiger partial charge in [-0.05, 0) is 24.6 Å². The first kappa shape index (κ1) is 15.4. The summed E-state index contributed by atoms with van der Waals surface area (Å²) in [5, 5.41) is 3.36. The van der Waals surface area contributed by atoms with E-state index in [1.54, 1.807) is 12.1 Å². The Morgan fingerprint density at radius 1 is 1.50 bits per heavy atom. The summed E-state index contributed by atoms with van der Waals surface area (Å²) in [5.41, 5.74) is 0.540. The van der Waals surface area contributed by atoms with Gasteiger partial charge in [0.25, 0.3) is 0 Å². The van der Waals surface area contributed by atoms with E-state index in [2.05, 4.69) is 12.2 Å². The molecule has 1 aromatic rings. The Kier molecular flexibility index (Phi) is 5.52. The van der Waals surface area contributed by atoms with E-state index in [0.29, 0.717) is 18.8 Å². The zero-order valence-corrected chi connectivity index (χ0v) is 12.3. The first-order chi connectivity index (χ1) is 9.63. The van der Waals surface area contributed by atoms with Crippen molar-refractivity contribution in [3.63, 3.8) is 0 Å². The molecule has 1 fully saturated rings. The van der Waals surface area contributed by atoms with Crippen molar-refractivity contribution in [1.29, 1.82) is 0 Å². The number of ketones is 1. The molecule has 0 bridgehead atoms. The second-order valence-electron chi connectivity index (χ2n) is 5.06. The number of halogens is 2. The van der Waals surface area contributed by atoms with Gasteiger partial charge in [-0.2, -0.15) is 0 Å². The Labute approximate surface area is 123 Å². The molecule has 1 aliphatic rings. The van der Waals surface area contributed by atoms with Crippen molar-refractivity contribution < 1.29 is 13.9 Å². The van der Waals surface area contributed by atoms with Gasteiger partial charge in [-0.15, -0.1) is 0 Å². The average molecular weight is 300 g/mol. The lowest BCUT2D eigenvalue weighted by Gasteiger charge is -2.18. The molecule has 1 heterocycles. The van der Waals surface area contributed by atoms with Crippen LogP contribution in [0.15, 0.2) is 18.2 Å². The van der Waals surface area contributed by atoms with E-state index in [1.807, 2.05) is 0 Å². The van der Waals surface area contributed by atoms with E-state index in [-0.39, 0.29) is 29.2 Å². The average Bonchev–Trinajstić information content (AvgIpc) is 2.90. The van der Waals surface area contributed by atoms with Gasteiger partial charge in [0.1, 0.15) is 11.6 Å². The van der Waals surface area contributed by atoms with Crippen LogP contribution in [0.25, 0.3) is 0 Å². The van der Waals surface area contributed by atoms with Gasteiger partial charge in [0.2, 0.25) is 0 Å². The molecule has 3 nitrogen and oxygen atoms in total. The summed E-state index contributed by atoms with van der Waals surface area (Å²) in [6.07, 6.45) is 1.15. The van der Waals surface area contributed by atoms with Gasteiger partial charge in [0, 0.05) is 12.5 Å². The van der Waals surface area contributed by atoms with Crippen LogP contribution in [0.3, 0.4) is 0 Å². The van der Waals surface area contributed by atoms with Crippen LogP contribution in [0.2, 0.25) is 5.02 Å². The molecule has 0 spiro atoms. The molecule has 20 heavy (non-hydrogen) atoms. The Hall–Kier alpha value is -0.970. The lowest BCUT2D eigenvalue weighted by Crippen LogP contribution is -2.40. The normalized spacial score (nSPS) is 22.1. The summed E-state index contributed by atoms with van der Waals surface area (Å²) in [6, 6.07) is 4.60. The van der Waals surface area contributed by atoms with Crippen LogP contribution >= 0.6 is 11.6 Å². The standard InChI is InChI=1S/C15H19ClFNO2/c1-2-6-18-13-9-20-8-11(13)14(19)7-10-4-3-5-12(17)15(10)16/h3-5,11,13,18H,2,6-9H2,1H3. The maximum atomic E-state index is 13.4. The molecule has 2 atom stereocenters. The number of nitrogens with one attached hydrogen (secondary N) is 1. The molecule has 110 valence electrons. The first-order valence-corrected chi connectivity index (χ1v) is 7.28. The van der Waals surface area contributed by atoms with Crippen molar-refractivity contribution in [2.45, 2.75) is 25.8 Å². The van der Waals surface area contributed by atoms with Gasteiger partial charge in [-0.25, -0.2) is 4.39 Å². The maximum absolute atomic E-state index is 13.4. The Morgan fingerprint density at radius 2 is 2.30 bits per heavy atom. The fourth-order valence-electron chi connectivity index (χ4n) is 2.41. The second kappa shape index (κ2) is 7.16. The molecular weight excluding hydrogens is 281 g/mol. The highest BCUT2D eigenvalue weighted by Crippen LogP contribution is 2.23. The van der Waals surface area contributed by atoms with Crippen LogP contribution in [0.5, 0.6) is 0 Å². The smallest absolute Gasteiger partial charge is 0.144 e. The third kappa shape index (κ3) is 3.57. The Bertz CT molecular complexity index is 481. The molecule has 1 saturated heterocycles. The molecule has 0 saturated carbocycles. The molecule has 0 radical (unpaired) electrons. The van der Waals surface area contributed by atoms with Crippen molar-refractivity contribution in [3.8, 4) is 0 Å². The van der Waals surface area contributed by atoms with Crippen molar-refractivity contribution in [2.75, 3.05) is 19.8 Å². The fourth-order valence-corrected chi connectivity index (χ4v) is 2.60. The van der Waals surface area contributed by atoms with Gasteiger partial charge in [0.05, 0.1) is 24.2 Å². The van der Waals surface area contributed by atoms with Crippen LogP contribution in [0.4, 0.5) is 4.39 Å². The number of Topliss-reactive ketones (excluding diaryl/α,β-unsaturated/α-hetero) is 1. The maximum Gasteiger partial charge on any atom is 0.144 e. The largest absolute Gasteiger partial charge is 0.379 e. The van der Waals surface area contributed by atoms with E-state index >= 15 is 0 Å². The van der Waals surface area contributed by atoms with Crippen molar-refractivity contribution in [1.82, 2.24) is 5.32 Å². The van der Waals surface area contributed by atoms with Crippen LogP contribution in [0.1, 0.15) is 18.9 Å². The highest BCUT2D eigenvalue weighted by Gasteiger charge is 2.33. The summed E-state index contributed by atoms with van der Waals surface area (Å²) in [7, 11) is 0. The summed E-state index contributed by atoms with van der Waals surface area (Å²) in [4.78, 5) is 12.4. The predicted octanol–water partition coefficient (Wildman–Crippen LogP) is 2.61. The van der Waals surface area contributed by atoms with E-state index < -0.39 is 5.82 Å². The summed E-state index contributed by atoms with van der Waals surface area (Å²) >= 11 is 5.89. The molecule has 1 aromatic carbocycles. The molecule has 2 rings (SSSR count). The van der Waals surface area contributed by atoms with Gasteiger partial charge >= 0.3 is 0 Å². The molecule has 0 aliphatic carbocycles. The zero-order chi connectivity index (χ0) is 14.5. The monoisotopic (exact) mass is 299 g/mol. The number of rotatable bonds is 6. The molecule has 5 heteroatoms. The van der Waals surface area contributed by atoms with E-state index in [1.165, 1.54) is 6.07 Å². The van der Waals surface area contributed by atoms with Crippen molar-refractivity contribution >= 4 is 17.4 Å². The summed E-state index contributed by atoms with van der Waals surface area (Å²) in [6.45, 7) is 3.91. The minimum atomic E-state index is -0.486. The highest BCUT2D eigenvalue weighted by atomic mass is 35.5. The van der Waals surface area contributed by atoms with E-state index in [9.17, 15) is 9.18 Å². The molecule has 2 unspecified atom stereocenters. The molecular formula is C15H19ClFNO2. The van der Waals surface area contributed by atoms with Crippen LogP contribution < -0.4 is 5.32 Å². The fraction of sp³-hybridized carbons (Fsp3) is 0.533. The minimum Gasteiger partial charge on any atom is -0.379 e. The van der Waals surface area contributed by atoms with Gasteiger partial charge in [-0.3, -0.25) is 4.79 Å². The first-order valence-electron chi connectivity index (χ1n) is 6.90. The highest BCUT2D eigenvalue weighted by molar-refractivity contribution is 6.31. The number of carbonyl (C=O) groups excluding carboxylic acids is 1. The lowest BCUT2D eigenvalue weighted by molar-refractivity contribution is -0.122. The quantitative estimate of drug-likeness (QED) is 0.877. The number of hydrogen-bond donors (Lipinski definition) is 1. The summed E-state index contributed by atoms with van der Waals surface area (Å²) in [5.74, 6) is -0.621. The van der Waals surface area contributed by atoms with Gasteiger partial charge in [0.15, 0.2) is 0 Å².